The number of amides is 1. The summed E-state index contributed by atoms with van der Waals surface area (Å²) in [5.41, 5.74) is 2.12. The smallest absolute Gasteiger partial charge is 0.224 e. The van der Waals surface area contributed by atoms with Crippen molar-refractivity contribution >= 4 is 17.3 Å². The maximum absolute atomic E-state index is 12.3. The van der Waals surface area contributed by atoms with Crippen LogP contribution in [0.4, 0.5) is 11.4 Å². The van der Waals surface area contributed by atoms with Gasteiger partial charge in [-0.1, -0.05) is 6.42 Å². The van der Waals surface area contributed by atoms with Crippen molar-refractivity contribution in [1.29, 1.82) is 0 Å². The molecule has 4 heteroatoms. The van der Waals surface area contributed by atoms with Crippen LogP contribution in [0.25, 0.3) is 0 Å². The Bertz CT molecular complexity index is 551. The van der Waals surface area contributed by atoms with Gasteiger partial charge in [0.25, 0.3) is 0 Å². The number of anilines is 2. The Hall–Kier alpha value is -1.55. The van der Waals surface area contributed by atoms with Gasteiger partial charge in [-0.2, -0.15) is 0 Å². The van der Waals surface area contributed by atoms with Crippen molar-refractivity contribution in [3.63, 3.8) is 0 Å². The maximum Gasteiger partial charge on any atom is 0.224 e. The van der Waals surface area contributed by atoms with Gasteiger partial charge >= 0.3 is 0 Å². The molecule has 4 rings (SSSR count). The fourth-order valence-corrected chi connectivity index (χ4v) is 4.65. The van der Waals surface area contributed by atoms with Crippen molar-refractivity contribution in [3.05, 3.63) is 24.3 Å². The van der Waals surface area contributed by atoms with Crippen LogP contribution in [0.1, 0.15) is 32.1 Å². The molecule has 2 bridgehead atoms. The van der Waals surface area contributed by atoms with E-state index in [2.05, 4.69) is 22.3 Å². The minimum Gasteiger partial charge on any atom is -0.378 e. The number of fused-ring (bicyclic) bond motifs is 2. The Kier molecular flexibility index (Phi) is 4.25. The number of nitrogens with one attached hydrogen (secondary N) is 1. The number of carbonyl (C=O) groups is 1. The third kappa shape index (κ3) is 3.37. The summed E-state index contributed by atoms with van der Waals surface area (Å²) in [6.07, 6.45) is 6.08. The fraction of sp³-hybridized carbons (Fsp3) is 0.632. The van der Waals surface area contributed by atoms with Crippen molar-refractivity contribution in [2.24, 2.45) is 17.8 Å². The highest BCUT2D eigenvalue weighted by molar-refractivity contribution is 5.91. The first-order chi connectivity index (χ1) is 11.3. The summed E-state index contributed by atoms with van der Waals surface area (Å²) in [5.74, 6) is 2.53. The first-order valence-electron chi connectivity index (χ1n) is 9.00. The van der Waals surface area contributed by atoms with Crippen molar-refractivity contribution in [2.75, 3.05) is 36.5 Å². The number of rotatable bonds is 4. The van der Waals surface area contributed by atoms with Crippen LogP contribution in [0.2, 0.25) is 0 Å². The van der Waals surface area contributed by atoms with E-state index in [1.165, 1.54) is 31.4 Å². The molecule has 0 spiro atoms. The van der Waals surface area contributed by atoms with Crippen LogP contribution in [-0.2, 0) is 9.53 Å². The van der Waals surface area contributed by atoms with Crippen molar-refractivity contribution in [3.8, 4) is 0 Å². The van der Waals surface area contributed by atoms with Crippen molar-refractivity contribution in [2.45, 2.75) is 32.1 Å². The molecule has 1 aliphatic heterocycles. The molecule has 1 saturated heterocycles. The Balaban J connectivity index is 1.30. The summed E-state index contributed by atoms with van der Waals surface area (Å²) < 4.78 is 5.38. The van der Waals surface area contributed by atoms with Gasteiger partial charge in [0.05, 0.1) is 13.2 Å². The molecule has 124 valence electrons. The fourth-order valence-electron chi connectivity index (χ4n) is 4.65. The minimum absolute atomic E-state index is 0.182. The number of hydrogen-bond donors (Lipinski definition) is 1. The van der Waals surface area contributed by atoms with Crippen molar-refractivity contribution < 1.29 is 9.53 Å². The molecule has 1 aromatic rings. The molecule has 0 radical (unpaired) electrons. The second-order valence-electron chi connectivity index (χ2n) is 7.33. The number of morpholine rings is 1. The molecule has 3 aliphatic rings. The Morgan fingerprint density at radius 2 is 1.91 bits per heavy atom. The zero-order valence-corrected chi connectivity index (χ0v) is 13.7. The number of ether oxygens (including phenoxy) is 1. The molecular weight excluding hydrogens is 288 g/mol. The summed E-state index contributed by atoms with van der Waals surface area (Å²) in [6, 6.07) is 8.23. The normalized spacial score (nSPS) is 29.7. The molecule has 3 atom stereocenters. The zero-order chi connectivity index (χ0) is 15.6. The van der Waals surface area contributed by atoms with E-state index in [1.54, 1.807) is 0 Å². The number of hydrogen-bond acceptors (Lipinski definition) is 3. The molecule has 23 heavy (non-hydrogen) atoms. The molecule has 4 nitrogen and oxygen atoms in total. The van der Waals surface area contributed by atoms with Crippen LogP contribution in [0.3, 0.4) is 0 Å². The third-order valence-corrected chi connectivity index (χ3v) is 5.86. The van der Waals surface area contributed by atoms with Gasteiger partial charge in [0.15, 0.2) is 0 Å². The second kappa shape index (κ2) is 6.52. The van der Waals surface area contributed by atoms with Crippen LogP contribution in [0, 0.1) is 17.8 Å². The van der Waals surface area contributed by atoms with E-state index in [0.29, 0.717) is 12.3 Å². The van der Waals surface area contributed by atoms with Crippen LogP contribution in [0.15, 0.2) is 24.3 Å². The monoisotopic (exact) mass is 314 g/mol. The summed E-state index contributed by atoms with van der Waals surface area (Å²) in [4.78, 5) is 14.6. The Morgan fingerprint density at radius 3 is 2.57 bits per heavy atom. The van der Waals surface area contributed by atoms with E-state index >= 15 is 0 Å². The Morgan fingerprint density at radius 1 is 1.13 bits per heavy atom. The molecule has 1 heterocycles. The van der Waals surface area contributed by atoms with E-state index in [1.807, 2.05) is 12.1 Å². The SMILES string of the molecule is O=C(CC1CC2CCC1C2)Nc1ccc(N2CCOCC2)cc1. The summed E-state index contributed by atoms with van der Waals surface area (Å²) >= 11 is 0. The largest absolute Gasteiger partial charge is 0.378 e. The Labute approximate surface area is 138 Å². The zero-order valence-electron chi connectivity index (χ0n) is 13.7. The van der Waals surface area contributed by atoms with Gasteiger partial charge in [-0.25, -0.2) is 0 Å². The standard InChI is InChI=1S/C19H26N2O2/c22-19(13-16-12-14-1-2-15(16)11-14)20-17-3-5-18(6-4-17)21-7-9-23-10-8-21/h3-6,14-16H,1-2,7-13H2,(H,20,22). The lowest BCUT2D eigenvalue weighted by molar-refractivity contribution is -0.117. The lowest BCUT2D eigenvalue weighted by Crippen LogP contribution is -2.36. The second-order valence-corrected chi connectivity index (χ2v) is 7.33. The van der Waals surface area contributed by atoms with E-state index in [-0.39, 0.29) is 5.91 Å². The first kappa shape index (κ1) is 15.0. The average molecular weight is 314 g/mol. The van der Waals surface area contributed by atoms with Gasteiger partial charge in [0, 0.05) is 30.9 Å². The third-order valence-electron chi connectivity index (χ3n) is 5.86. The van der Waals surface area contributed by atoms with Gasteiger partial charge in [-0.3, -0.25) is 4.79 Å². The van der Waals surface area contributed by atoms with Gasteiger partial charge in [-0.15, -0.1) is 0 Å². The summed E-state index contributed by atoms with van der Waals surface area (Å²) in [5, 5.41) is 3.08. The van der Waals surface area contributed by atoms with Crippen LogP contribution < -0.4 is 10.2 Å². The molecule has 1 amide bonds. The highest BCUT2D eigenvalue weighted by Gasteiger charge is 2.40. The van der Waals surface area contributed by atoms with Gasteiger partial charge in [0.2, 0.25) is 5.91 Å². The van der Waals surface area contributed by atoms with Crippen molar-refractivity contribution in [1.82, 2.24) is 0 Å². The molecular formula is C19H26N2O2. The van der Waals surface area contributed by atoms with E-state index in [4.69, 9.17) is 4.74 Å². The van der Waals surface area contributed by atoms with Gasteiger partial charge in [0.1, 0.15) is 0 Å². The predicted molar refractivity (Wildman–Crippen MR) is 91.7 cm³/mol. The topological polar surface area (TPSA) is 41.6 Å². The highest BCUT2D eigenvalue weighted by atomic mass is 16.5. The highest BCUT2D eigenvalue weighted by Crippen LogP contribution is 2.49. The lowest BCUT2D eigenvalue weighted by Gasteiger charge is -2.29. The molecule has 3 fully saturated rings. The molecule has 2 aliphatic carbocycles. The molecule has 0 aromatic heterocycles. The lowest BCUT2D eigenvalue weighted by atomic mass is 9.86. The molecule has 1 N–H and O–H groups in total. The predicted octanol–water partition coefficient (Wildman–Crippen LogP) is 3.29. The summed E-state index contributed by atoms with van der Waals surface area (Å²) in [7, 11) is 0. The quantitative estimate of drug-likeness (QED) is 0.927. The van der Waals surface area contributed by atoms with E-state index < -0.39 is 0 Å². The molecule has 3 unspecified atom stereocenters. The molecule has 2 saturated carbocycles. The van der Waals surface area contributed by atoms with E-state index in [9.17, 15) is 4.79 Å². The number of carbonyl (C=O) groups excluding carboxylic acids is 1. The number of nitrogens with zero attached hydrogens (tertiary/aromatic N) is 1. The van der Waals surface area contributed by atoms with Crippen LogP contribution in [-0.4, -0.2) is 32.2 Å². The maximum atomic E-state index is 12.3. The minimum atomic E-state index is 0.182. The molecule has 1 aromatic carbocycles. The van der Waals surface area contributed by atoms with Crippen LogP contribution in [0.5, 0.6) is 0 Å². The van der Waals surface area contributed by atoms with Gasteiger partial charge < -0.3 is 15.0 Å². The van der Waals surface area contributed by atoms with Crippen LogP contribution >= 0.6 is 0 Å². The first-order valence-corrected chi connectivity index (χ1v) is 9.00. The summed E-state index contributed by atoms with van der Waals surface area (Å²) in [6.45, 7) is 3.47. The van der Waals surface area contributed by atoms with Gasteiger partial charge in [-0.05, 0) is 61.3 Å². The average Bonchev–Trinajstić information content (AvgIpc) is 3.19. The number of benzene rings is 1. The van der Waals surface area contributed by atoms with E-state index in [0.717, 1.165) is 43.8 Å².